The Balaban J connectivity index is 2.04. The van der Waals surface area contributed by atoms with Crippen molar-refractivity contribution in [3.05, 3.63) is 30.2 Å². The minimum Gasteiger partial charge on any atom is -0.481 e. The molecule has 1 atom stereocenters. The number of aliphatic carboxylic acids is 1. The first-order chi connectivity index (χ1) is 8.25. The summed E-state index contributed by atoms with van der Waals surface area (Å²) in [6.45, 7) is 0. The minimum atomic E-state index is -0.748. The number of nitrogens with zero attached hydrogens (tertiary/aromatic N) is 1. The highest BCUT2D eigenvalue weighted by atomic mass is 16.4. The summed E-state index contributed by atoms with van der Waals surface area (Å²) in [5.74, 6) is -0.183. The molecule has 1 aromatic carbocycles. The van der Waals surface area contributed by atoms with Crippen LogP contribution in [0.3, 0.4) is 0 Å². The van der Waals surface area contributed by atoms with Crippen LogP contribution >= 0.6 is 0 Å². The van der Waals surface area contributed by atoms with Gasteiger partial charge in [0, 0.05) is 0 Å². The van der Waals surface area contributed by atoms with Gasteiger partial charge in [0.15, 0.2) is 12.0 Å². The second-order valence-electron chi connectivity index (χ2n) is 4.59. The van der Waals surface area contributed by atoms with E-state index < -0.39 is 5.97 Å². The van der Waals surface area contributed by atoms with Crippen LogP contribution in [0.2, 0.25) is 0 Å². The van der Waals surface area contributed by atoms with Crippen molar-refractivity contribution in [1.29, 1.82) is 0 Å². The van der Waals surface area contributed by atoms with Gasteiger partial charge in [0.05, 0.1) is 6.42 Å². The molecule has 1 unspecified atom stereocenters. The quantitative estimate of drug-likeness (QED) is 0.878. The van der Waals surface area contributed by atoms with Crippen molar-refractivity contribution in [3.8, 4) is 0 Å². The molecular weight excluding hydrogens is 218 g/mol. The van der Waals surface area contributed by atoms with E-state index in [4.69, 9.17) is 9.52 Å². The van der Waals surface area contributed by atoms with E-state index in [0.717, 1.165) is 29.5 Å². The Labute approximate surface area is 98.3 Å². The molecule has 1 heterocycles. The standard InChI is InChI=1S/C13H13NO3/c15-12(16)6-10(8-4-5-8)9-2-1-3-11-13(9)14-7-17-11/h1-3,7-8,10H,4-6H2,(H,15,16). The molecule has 1 aliphatic rings. The largest absolute Gasteiger partial charge is 0.481 e. The van der Waals surface area contributed by atoms with Crippen LogP contribution in [0, 0.1) is 5.92 Å². The lowest BCUT2D eigenvalue weighted by Gasteiger charge is -2.14. The highest BCUT2D eigenvalue weighted by molar-refractivity contribution is 5.78. The first-order valence-corrected chi connectivity index (χ1v) is 5.79. The van der Waals surface area contributed by atoms with E-state index in [1.165, 1.54) is 6.39 Å². The van der Waals surface area contributed by atoms with Crippen molar-refractivity contribution in [1.82, 2.24) is 4.98 Å². The lowest BCUT2D eigenvalue weighted by Crippen LogP contribution is -2.08. The normalized spacial score (nSPS) is 17.2. The van der Waals surface area contributed by atoms with Gasteiger partial charge in [-0.25, -0.2) is 4.98 Å². The van der Waals surface area contributed by atoms with Crippen LogP contribution in [-0.4, -0.2) is 16.1 Å². The van der Waals surface area contributed by atoms with Gasteiger partial charge in [0.1, 0.15) is 5.52 Å². The Kier molecular flexibility index (Phi) is 2.35. The Hall–Kier alpha value is -1.84. The molecule has 0 radical (unpaired) electrons. The van der Waals surface area contributed by atoms with Crippen molar-refractivity contribution >= 4 is 17.1 Å². The van der Waals surface area contributed by atoms with Gasteiger partial charge in [-0.1, -0.05) is 12.1 Å². The average Bonchev–Trinajstić information content (AvgIpc) is 3.02. The average molecular weight is 231 g/mol. The van der Waals surface area contributed by atoms with E-state index in [1.807, 2.05) is 18.2 Å². The van der Waals surface area contributed by atoms with E-state index in [0.29, 0.717) is 5.92 Å². The van der Waals surface area contributed by atoms with E-state index in [2.05, 4.69) is 4.98 Å². The van der Waals surface area contributed by atoms with Crippen LogP contribution in [0.1, 0.15) is 30.7 Å². The highest BCUT2D eigenvalue weighted by Gasteiger charge is 2.35. The fourth-order valence-corrected chi connectivity index (χ4v) is 2.42. The number of fused-ring (bicyclic) bond motifs is 1. The number of para-hydroxylation sites is 1. The van der Waals surface area contributed by atoms with Gasteiger partial charge in [-0.3, -0.25) is 4.79 Å². The molecule has 17 heavy (non-hydrogen) atoms. The second-order valence-corrected chi connectivity index (χ2v) is 4.59. The monoisotopic (exact) mass is 231 g/mol. The molecule has 1 aromatic heterocycles. The maximum absolute atomic E-state index is 10.9. The van der Waals surface area contributed by atoms with Gasteiger partial charge in [0.2, 0.25) is 0 Å². The number of carboxylic acids is 1. The van der Waals surface area contributed by atoms with Crippen LogP contribution in [0.5, 0.6) is 0 Å². The number of aromatic nitrogens is 1. The van der Waals surface area contributed by atoms with Crippen molar-refractivity contribution in [3.63, 3.8) is 0 Å². The van der Waals surface area contributed by atoms with Crippen molar-refractivity contribution in [2.45, 2.75) is 25.2 Å². The summed E-state index contributed by atoms with van der Waals surface area (Å²) in [5.41, 5.74) is 2.56. The lowest BCUT2D eigenvalue weighted by atomic mass is 9.90. The zero-order valence-corrected chi connectivity index (χ0v) is 9.30. The Morgan fingerprint density at radius 1 is 1.53 bits per heavy atom. The third-order valence-corrected chi connectivity index (χ3v) is 3.38. The lowest BCUT2D eigenvalue weighted by molar-refractivity contribution is -0.137. The summed E-state index contributed by atoms with van der Waals surface area (Å²) >= 11 is 0. The fraction of sp³-hybridized carbons (Fsp3) is 0.385. The molecule has 0 saturated heterocycles. The predicted octanol–water partition coefficient (Wildman–Crippen LogP) is 2.80. The summed E-state index contributed by atoms with van der Waals surface area (Å²) in [6, 6.07) is 5.73. The molecule has 1 fully saturated rings. The first kappa shape index (κ1) is 10.3. The number of carboxylic acid groups (broad SMARTS) is 1. The zero-order chi connectivity index (χ0) is 11.8. The number of hydrogen-bond donors (Lipinski definition) is 1. The summed E-state index contributed by atoms with van der Waals surface area (Å²) < 4.78 is 5.26. The van der Waals surface area contributed by atoms with Crippen molar-refractivity contribution in [2.75, 3.05) is 0 Å². The molecule has 0 aliphatic heterocycles. The Bertz CT molecular complexity index is 557. The smallest absolute Gasteiger partial charge is 0.303 e. The molecule has 3 rings (SSSR count). The van der Waals surface area contributed by atoms with Crippen LogP contribution in [0.15, 0.2) is 29.0 Å². The van der Waals surface area contributed by atoms with E-state index in [-0.39, 0.29) is 12.3 Å². The molecule has 88 valence electrons. The van der Waals surface area contributed by atoms with Crippen LogP contribution in [0.25, 0.3) is 11.1 Å². The summed E-state index contributed by atoms with van der Waals surface area (Å²) in [7, 11) is 0. The number of oxazole rings is 1. The topological polar surface area (TPSA) is 63.3 Å². The minimum absolute atomic E-state index is 0.0706. The molecule has 4 heteroatoms. The summed E-state index contributed by atoms with van der Waals surface area (Å²) in [4.78, 5) is 15.1. The number of benzene rings is 1. The molecular formula is C13H13NO3. The third-order valence-electron chi connectivity index (χ3n) is 3.38. The summed E-state index contributed by atoms with van der Waals surface area (Å²) in [6.07, 6.45) is 3.83. The molecule has 1 aliphatic carbocycles. The Morgan fingerprint density at radius 3 is 3.06 bits per heavy atom. The molecule has 1 N–H and O–H groups in total. The van der Waals surface area contributed by atoms with Crippen LogP contribution in [-0.2, 0) is 4.79 Å². The zero-order valence-electron chi connectivity index (χ0n) is 9.30. The van der Waals surface area contributed by atoms with Crippen LogP contribution < -0.4 is 0 Å². The first-order valence-electron chi connectivity index (χ1n) is 5.79. The molecule has 2 aromatic rings. The molecule has 0 bridgehead atoms. The maximum Gasteiger partial charge on any atom is 0.303 e. The maximum atomic E-state index is 10.9. The number of rotatable bonds is 4. The third kappa shape index (κ3) is 1.90. The SMILES string of the molecule is O=C(O)CC(c1cccc2ocnc12)C1CC1. The second kappa shape index (κ2) is 3.87. The van der Waals surface area contributed by atoms with E-state index in [1.54, 1.807) is 0 Å². The van der Waals surface area contributed by atoms with E-state index >= 15 is 0 Å². The number of hydrogen-bond acceptors (Lipinski definition) is 3. The van der Waals surface area contributed by atoms with Gasteiger partial charge in [-0.2, -0.15) is 0 Å². The van der Waals surface area contributed by atoms with Crippen LogP contribution in [0.4, 0.5) is 0 Å². The van der Waals surface area contributed by atoms with Gasteiger partial charge in [-0.05, 0) is 36.3 Å². The van der Waals surface area contributed by atoms with E-state index in [9.17, 15) is 4.79 Å². The molecule has 1 saturated carbocycles. The summed E-state index contributed by atoms with van der Waals surface area (Å²) in [5, 5.41) is 9.00. The highest BCUT2D eigenvalue weighted by Crippen LogP contribution is 2.45. The van der Waals surface area contributed by atoms with Crippen molar-refractivity contribution < 1.29 is 14.3 Å². The fourth-order valence-electron chi connectivity index (χ4n) is 2.42. The van der Waals surface area contributed by atoms with Gasteiger partial charge in [-0.15, -0.1) is 0 Å². The predicted molar refractivity (Wildman–Crippen MR) is 61.7 cm³/mol. The Morgan fingerprint density at radius 2 is 2.35 bits per heavy atom. The molecule has 4 nitrogen and oxygen atoms in total. The van der Waals surface area contributed by atoms with Gasteiger partial charge < -0.3 is 9.52 Å². The number of carbonyl (C=O) groups is 1. The molecule has 0 spiro atoms. The van der Waals surface area contributed by atoms with Gasteiger partial charge >= 0.3 is 5.97 Å². The van der Waals surface area contributed by atoms with Gasteiger partial charge in [0.25, 0.3) is 0 Å². The molecule has 0 amide bonds. The van der Waals surface area contributed by atoms with Crippen molar-refractivity contribution in [2.24, 2.45) is 5.92 Å².